The van der Waals surface area contributed by atoms with Gasteiger partial charge in [0.05, 0.1) is 21.7 Å². The summed E-state index contributed by atoms with van der Waals surface area (Å²) in [5.41, 5.74) is 1.73. The molecule has 122 valence electrons. The maximum Gasteiger partial charge on any atom is 0.337 e. The standard InChI is InChI=1S/C17H14N2O4S/c1-11-5-7-13(8-6-11)24(22,23)19-16-4-2-3-15-14(16)9-12(10-18-15)17(20)21/h2-10,19H,1H3,(H,20,21). The number of carboxylic acid groups (broad SMARTS) is 1. The molecule has 2 aromatic carbocycles. The second-order valence-electron chi connectivity index (χ2n) is 5.32. The third-order valence-corrected chi connectivity index (χ3v) is 4.93. The highest BCUT2D eigenvalue weighted by Gasteiger charge is 2.16. The number of hydrogen-bond donors (Lipinski definition) is 2. The predicted molar refractivity (Wildman–Crippen MR) is 90.7 cm³/mol. The van der Waals surface area contributed by atoms with Crippen LogP contribution in [-0.4, -0.2) is 24.5 Å². The molecule has 0 saturated carbocycles. The van der Waals surface area contributed by atoms with Crippen molar-refractivity contribution in [2.75, 3.05) is 4.72 Å². The summed E-state index contributed by atoms with van der Waals surface area (Å²) in [7, 11) is -3.78. The van der Waals surface area contributed by atoms with Crippen LogP contribution in [0.4, 0.5) is 5.69 Å². The molecule has 7 heteroatoms. The minimum atomic E-state index is -3.78. The first-order valence-corrected chi connectivity index (χ1v) is 8.57. The number of nitrogens with one attached hydrogen (secondary N) is 1. The van der Waals surface area contributed by atoms with E-state index in [1.54, 1.807) is 30.3 Å². The average Bonchev–Trinajstić information content (AvgIpc) is 2.55. The Morgan fingerprint density at radius 1 is 1.12 bits per heavy atom. The molecule has 2 N–H and O–H groups in total. The lowest BCUT2D eigenvalue weighted by molar-refractivity contribution is 0.0696. The molecular formula is C17H14N2O4S. The molecule has 1 aromatic heterocycles. The second kappa shape index (κ2) is 5.93. The number of pyridine rings is 1. The van der Waals surface area contributed by atoms with Crippen molar-refractivity contribution < 1.29 is 18.3 Å². The fraction of sp³-hybridized carbons (Fsp3) is 0.0588. The lowest BCUT2D eigenvalue weighted by atomic mass is 10.1. The first-order valence-electron chi connectivity index (χ1n) is 7.08. The number of nitrogens with zero attached hydrogens (tertiary/aromatic N) is 1. The van der Waals surface area contributed by atoms with Gasteiger partial charge in [-0.1, -0.05) is 23.8 Å². The molecule has 0 radical (unpaired) electrons. The van der Waals surface area contributed by atoms with E-state index in [1.165, 1.54) is 24.4 Å². The minimum absolute atomic E-state index is 0.00974. The molecule has 0 aliphatic rings. The summed E-state index contributed by atoms with van der Waals surface area (Å²) in [6, 6.07) is 12.8. The molecule has 0 bridgehead atoms. The normalized spacial score (nSPS) is 11.4. The summed E-state index contributed by atoms with van der Waals surface area (Å²) in [5.74, 6) is -1.12. The van der Waals surface area contributed by atoms with Crippen LogP contribution in [-0.2, 0) is 10.0 Å². The van der Waals surface area contributed by atoms with E-state index in [2.05, 4.69) is 9.71 Å². The van der Waals surface area contributed by atoms with Gasteiger partial charge in [0.25, 0.3) is 10.0 Å². The number of aromatic nitrogens is 1. The number of aromatic carboxylic acids is 1. The molecule has 0 aliphatic heterocycles. The van der Waals surface area contributed by atoms with E-state index in [-0.39, 0.29) is 16.1 Å². The molecule has 3 aromatic rings. The van der Waals surface area contributed by atoms with Crippen molar-refractivity contribution in [3.63, 3.8) is 0 Å². The summed E-state index contributed by atoms with van der Waals surface area (Å²) in [5, 5.41) is 9.52. The number of aryl methyl sites for hydroxylation is 1. The van der Waals surface area contributed by atoms with Crippen LogP contribution in [0.3, 0.4) is 0 Å². The monoisotopic (exact) mass is 342 g/mol. The zero-order valence-electron chi connectivity index (χ0n) is 12.7. The topological polar surface area (TPSA) is 96.4 Å². The number of fused-ring (bicyclic) bond motifs is 1. The van der Waals surface area contributed by atoms with Crippen molar-refractivity contribution >= 4 is 32.6 Å². The van der Waals surface area contributed by atoms with Gasteiger partial charge in [0.15, 0.2) is 0 Å². The Hall–Kier alpha value is -2.93. The molecule has 0 saturated heterocycles. The number of benzene rings is 2. The summed E-state index contributed by atoms with van der Waals surface area (Å²) in [6.07, 6.45) is 1.24. The smallest absolute Gasteiger partial charge is 0.337 e. The van der Waals surface area contributed by atoms with Gasteiger partial charge in [0.2, 0.25) is 0 Å². The Morgan fingerprint density at radius 2 is 1.83 bits per heavy atom. The zero-order chi connectivity index (χ0) is 17.3. The maximum atomic E-state index is 12.5. The number of anilines is 1. The molecule has 0 unspecified atom stereocenters. The molecule has 0 spiro atoms. The van der Waals surface area contributed by atoms with Crippen LogP contribution < -0.4 is 4.72 Å². The van der Waals surface area contributed by atoms with Gasteiger partial charge in [0.1, 0.15) is 0 Å². The van der Waals surface area contributed by atoms with Crippen LogP contribution in [0.5, 0.6) is 0 Å². The van der Waals surface area contributed by atoms with Gasteiger partial charge in [-0.3, -0.25) is 9.71 Å². The highest BCUT2D eigenvalue weighted by Crippen LogP contribution is 2.25. The van der Waals surface area contributed by atoms with Crippen LogP contribution in [0.1, 0.15) is 15.9 Å². The van der Waals surface area contributed by atoms with Crippen molar-refractivity contribution in [2.45, 2.75) is 11.8 Å². The van der Waals surface area contributed by atoms with Gasteiger partial charge in [-0.15, -0.1) is 0 Å². The van der Waals surface area contributed by atoms with Gasteiger partial charge < -0.3 is 5.11 Å². The number of carbonyl (C=O) groups is 1. The summed E-state index contributed by atoms with van der Waals surface area (Å²) < 4.78 is 27.6. The number of carboxylic acids is 1. The molecule has 0 fully saturated rings. The van der Waals surface area contributed by atoms with Gasteiger partial charge in [-0.05, 0) is 37.3 Å². The zero-order valence-corrected chi connectivity index (χ0v) is 13.5. The van der Waals surface area contributed by atoms with E-state index < -0.39 is 16.0 Å². The molecular weight excluding hydrogens is 328 g/mol. The van der Waals surface area contributed by atoms with Crippen LogP contribution in [0.2, 0.25) is 0 Å². The molecule has 24 heavy (non-hydrogen) atoms. The van der Waals surface area contributed by atoms with Crippen LogP contribution in [0, 0.1) is 6.92 Å². The van der Waals surface area contributed by atoms with Gasteiger partial charge in [0, 0.05) is 11.6 Å². The molecule has 3 rings (SSSR count). The Kier molecular flexibility index (Phi) is 3.94. The Morgan fingerprint density at radius 3 is 2.50 bits per heavy atom. The fourth-order valence-corrected chi connectivity index (χ4v) is 3.36. The molecule has 1 heterocycles. The maximum absolute atomic E-state index is 12.5. The lowest BCUT2D eigenvalue weighted by Crippen LogP contribution is -2.13. The van der Waals surface area contributed by atoms with Crippen molar-refractivity contribution in [3.8, 4) is 0 Å². The van der Waals surface area contributed by atoms with Gasteiger partial charge >= 0.3 is 5.97 Å². The van der Waals surface area contributed by atoms with Crippen molar-refractivity contribution in [2.24, 2.45) is 0 Å². The highest BCUT2D eigenvalue weighted by atomic mass is 32.2. The van der Waals surface area contributed by atoms with E-state index in [0.717, 1.165) is 5.56 Å². The number of sulfonamides is 1. The fourth-order valence-electron chi connectivity index (χ4n) is 2.28. The van der Waals surface area contributed by atoms with E-state index in [1.807, 2.05) is 6.92 Å². The number of hydrogen-bond acceptors (Lipinski definition) is 4. The molecule has 6 nitrogen and oxygen atoms in total. The molecule has 0 amide bonds. The minimum Gasteiger partial charge on any atom is -0.478 e. The summed E-state index contributed by atoms with van der Waals surface area (Å²) in [4.78, 5) is 15.3. The molecule has 0 aliphatic carbocycles. The largest absolute Gasteiger partial charge is 0.478 e. The Bertz CT molecular complexity index is 1030. The summed E-state index contributed by atoms with van der Waals surface area (Å²) >= 11 is 0. The Labute approximate surface area is 138 Å². The van der Waals surface area contributed by atoms with E-state index in [4.69, 9.17) is 5.11 Å². The van der Waals surface area contributed by atoms with Crippen molar-refractivity contribution in [1.29, 1.82) is 0 Å². The van der Waals surface area contributed by atoms with Crippen LogP contribution in [0.15, 0.2) is 59.6 Å². The SMILES string of the molecule is Cc1ccc(S(=O)(=O)Nc2cccc3ncc(C(=O)O)cc23)cc1. The highest BCUT2D eigenvalue weighted by molar-refractivity contribution is 7.92. The third kappa shape index (κ3) is 3.07. The summed E-state index contributed by atoms with van der Waals surface area (Å²) in [6.45, 7) is 1.87. The van der Waals surface area contributed by atoms with Crippen LogP contribution >= 0.6 is 0 Å². The Balaban J connectivity index is 2.07. The van der Waals surface area contributed by atoms with Gasteiger partial charge in [-0.2, -0.15) is 0 Å². The van der Waals surface area contributed by atoms with E-state index >= 15 is 0 Å². The molecule has 0 atom stereocenters. The van der Waals surface area contributed by atoms with E-state index in [0.29, 0.717) is 10.9 Å². The lowest BCUT2D eigenvalue weighted by Gasteiger charge is -2.11. The van der Waals surface area contributed by atoms with Crippen LogP contribution in [0.25, 0.3) is 10.9 Å². The first kappa shape index (κ1) is 15.9. The second-order valence-corrected chi connectivity index (χ2v) is 7.00. The van der Waals surface area contributed by atoms with Crippen molar-refractivity contribution in [3.05, 3.63) is 65.9 Å². The van der Waals surface area contributed by atoms with Crippen molar-refractivity contribution in [1.82, 2.24) is 4.98 Å². The third-order valence-electron chi connectivity index (χ3n) is 3.55. The number of rotatable bonds is 4. The predicted octanol–water partition coefficient (Wildman–Crippen LogP) is 3.04. The average molecular weight is 342 g/mol. The van der Waals surface area contributed by atoms with E-state index in [9.17, 15) is 13.2 Å². The quantitative estimate of drug-likeness (QED) is 0.759. The van der Waals surface area contributed by atoms with Gasteiger partial charge in [-0.25, -0.2) is 13.2 Å². The first-order chi connectivity index (χ1) is 11.4.